The molecule has 0 spiro atoms. The van der Waals surface area contributed by atoms with Crippen LogP contribution in [0.1, 0.15) is 29.8 Å². The minimum absolute atomic E-state index is 0.177. The summed E-state index contributed by atoms with van der Waals surface area (Å²) >= 11 is 0. The van der Waals surface area contributed by atoms with Crippen molar-refractivity contribution < 1.29 is 4.52 Å². The molecule has 0 saturated carbocycles. The maximum Gasteiger partial charge on any atom is 0.343 e. The molecule has 1 N–H and O–H groups in total. The lowest BCUT2D eigenvalue weighted by Crippen LogP contribution is -2.17. The summed E-state index contributed by atoms with van der Waals surface area (Å²) in [6.07, 6.45) is 0.563. The van der Waals surface area contributed by atoms with E-state index in [0.717, 1.165) is 17.0 Å². The number of nitrogens with one attached hydrogen (secondary N) is 1. The lowest BCUT2D eigenvalue weighted by atomic mass is 10.1. The van der Waals surface area contributed by atoms with Gasteiger partial charge in [-0.3, -0.25) is 4.57 Å². The number of aromatic nitrogens is 4. The van der Waals surface area contributed by atoms with Crippen LogP contribution in [0, 0.1) is 13.8 Å². The molecule has 0 unspecified atom stereocenters. The first-order valence-corrected chi connectivity index (χ1v) is 5.19. The van der Waals surface area contributed by atoms with Crippen molar-refractivity contribution in [1.29, 1.82) is 0 Å². The first-order chi connectivity index (χ1) is 7.63. The molecule has 2 rings (SSSR count). The fraction of sp³-hybridized carbons (Fsp3) is 0.500. The normalized spacial score (nSPS) is 10.9. The van der Waals surface area contributed by atoms with E-state index in [9.17, 15) is 4.79 Å². The zero-order valence-corrected chi connectivity index (χ0v) is 9.57. The number of hydrogen-bond donors (Lipinski definition) is 1. The summed E-state index contributed by atoms with van der Waals surface area (Å²) in [5.74, 6) is 1.48. The number of aryl methyl sites for hydroxylation is 2. The maximum absolute atomic E-state index is 11.4. The van der Waals surface area contributed by atoms with Crippen LogP contribution < -0.4 is 5.69 Å². The van der Waals surface area contributed by atoms with Crippen molar-refractivity contribution in [3.05, 3.63) is 33.3 Å². The smallest absolute Gasteiger partial charge is 0.343 e. The molecule has 6 nitrogen and oxygen atoms in total. The summed E-state index contributed by atoms with van der Waals surface area (Å²) in [6, 6.07) is 0. The van der Waals surface area contributed by atoms with Crippen LogP contribution in [-0.4, -0.2) is 19.9 Å². The molecule has 2 aromatic heterocycles. The predicted octanol–water partition coefficient (Wildman–Crippen LogP) is 0.787. The van der Waals surface area contributed by atoms with Gasteiger partial charge in [-0.05, 0) is 20.8 Å². The Kier molecular flexibility index (Phi) is 2.64. The molecule has 0 aliphatic carbocycles. The third-order valence-corrected chi connectivity index (χ3v) is 2.67. The van der Waals surface area contributed by atoms with Gasteiger partial charge in [0.2, 0.25) is 0 Å². The Hall–Kier alpha value is -1.85. The van der Waals surface area contributed by atoms with Gasteiger partial charge in [0.25, 0.3) is 0 Å². The van der Waals surface area contributed by atoms with Crippen LogP contribution in [0.2, 0.25) is 0 Å². The van der Waals surface area contributed by atoms with E-state index >= 15 is 0 Å². The van der Waals surface area contributed by atoms with Gasteiger partial charge in [-0.2, -0.15) is 5.10 Å². The fourth-order valence-electron chi connectivity index (χ4n) is 1.72. The molecular formula is C10H14N4O2. The standard InChI is InChI=1S/C10H14N4O2/c1-4-14-9(11-12-10(14)15)5-8-6(2)13-16-7(8)3/h4-5H2,1-3H3,(H,12,15). The molecule has 0 bridgehead atoms. The van der Waals surface area contributed by atoms with Crippen LogP contribution in [0.3, 0.4) is 0 Å². The summed E-state index contributed by atoms with van der Waals surface area (Å²) in [4.78, 5) is 11.4. The van der Waals surface area contributed by atoms with Crippen molar-refractivity contribution in [3.8, 4) is 0 Å². The molecule has 6 heteroatoms. The Morgan fingerprint density at radius 3 is 2.75 bits per heavy atom. The van der Waals surface area contributed by atoms with E-state index in [0.29, 0.717) is 18.8 Å². The van der Waals surface area contributed by atoms with Crippen LogP contribution in [0.4, 0.5) is 0 Å². The van der Waals surface area contributed by atoms with Crippen LogP contribution in [-0.2, 0) is 13.0 Å². The number of nitrogens with zero attached hydrogens (tertiary/aromatic N) is 3. The third-order valence-electron chi connectivity index (χ3n) is 2.67. The molecule has 16 heavy (non-hydrogen) atoms. The second-order valence-electron chi connectivity index (χ2n) is 3.67. The van der Waals surface area contributed by atoms with Gasteiger partial charge in [-0.25, -0.2) is 9.89 Å². The topological polar surface area (TPSA) is 76.7 Å². The largest absolute Gasteiger partial charge is 0.361 e. The van der Waals surface area contributed by atoms with Gasteiger partial charge in [0, 0.05) is 18.5 Å². The SMILES string of the molecule is CCn1c(Cc2c(C)noc2C)n[nH]c1=O. The van der Waals surface area contributed by atoms with Gasteiger partial charge in [0.15, 0.2) is 0 Å². The van der Waals surface area contributed by atoms with Crippen LogP contribution >= 0.6 is 0 Å². The highest BCUT2D eigenvalue weighted by Gasteiger charge is 2.14. The summed E-state index contributed by atoms with van der Waals surface area (Å²) in [5, 5.41) is 10.3. The van der Waals surface area contributed by atoms with E-state index in [2.05, 4.69) is 15.4 Å². The van der Waals surface area contributed by atoms with Gasteiger partial charge in [0.1, 0.15) is 11.6 Å². The van der Waals surface area contributed by atoms with Crippen molar-refractivity contribution in [2.24, 2.45) is 0 Å². The van der Waals surface area contributed by atoms with E-state index < -0.39 is 0 Å². The Labute approximate surface area is 92.3 Å². The van der Waals surface area contributed by atoms with Crippen LogP contribution in [0.5, 0.6) is 0 Å². The Balaban J connectivity index is 2.37. The van der Waals surface area contributed by atoms with Crippen molar-refractivity contribution in [2.75, 3.05) is 0 Å². The average Bonchev–Trinajstić information content (AvgIpc) is 2.76. The van der Waals surface area contributed by atoms with E-state index in [1.54, 1.807) is 4.57 Å². The Bertz CT molecular complexity index is 530. The summed E-state index contributed by atoms with van der Waals surface area (Å²) in [5.41, 5.74) is 1.66. The summed E-state index contributed by atoms with van der Waals surface area (Å²) < 4.78 is 6.68. The molecule has 0 aliphatic heterocycles. The van der Waals surface area contributed by atoms with Crippen molar-refractivity contribution in [1.82, 2.24) is 19.9 Å². The summed E-state index contributed by atoms with van der Waals surface area (Å²) in [7, 11) is 0. The highest BCUT2D eigenvalue weighted by atomic mass is 16.5. The molecule has 0 radical (unpaired) electrons. The molecule has 2 aromatic rings. The van der Waals surface area contributed by atoms with E-state index in [4.69, 9.17) is 4.52 Å². The minimum Gasteiger partial charge on any atom is -0.361 e. The molecular weight excluding hydrogens is 208 g/mol. The third kappa shape index (κ3) is 1.66. The first-order valence-electron chi connectivity index (χ1n) is 5.19. The summed E-state index contributed by atoms with van der Waals surface area (Å²) in [6.45, 7) is 6.26. The van der Waals surface area contributed by atoms with Crippen LogP contribution in [0.15, 0.2) is 9.32 Å². The second-order valence-corrected chi connectivity index (χ2v) is 3.67. The number of H-pyrrole nitrogens is 1. The quantitative estimate of drug-likeness (QED) is 0.832. The van der Waals surface area contributed by atoms with Crippen LogP contribution in [0.25, 0.3) is 0 Å². The van der Waals surface area contributed by atoms with E-state index in [1.807, 2.05) is 20.8 Å². The van der Waals surface area contributed by atoms with Crippen molar-refractivity contribution >= 4 is 0 Å². The predicted molar refractivity (Wildman–Crippen MR) is 57.3 cm³/mol. The highest BCUT2D eigenvalue weighted by Crippen LogP contribution is 2.15. The maximum atomic E-state index is 11.4. The first kappa shape index (κ1) is 10.7. The lowest BCUT2D eigenvalue weighted by Gasteiger charge is -2.01. The minimum atomic E-state index is -0.177. The Morgan fingerprint density at radius 2 is 2.19 bits per heavy atom. The average molecular weight is 222 g/mol. The number of aromatic amines is 1. The van der Waals surface area contributed by atoms with Gasteiger partial charge in [-0.1, -0.05) is 5.16 Å². The lowest BCUT2D eigenvalue weighted by molar-refractivity contribution is 0.392. The zero-order valence-electron chi connectivity index (χ0n) is 9.57. The highest BCUT2D eigenvalue weighted by molar-refractivity contribution is 5.24. The monoisotopic (exact) mass is 222 g/mol. The molecule has 86 valence electrons. The van der Waals surface area contributed by atoms with E-state index in [-0.39, 0.29) is 5.69 Å². The van der Waals surface area contributed by atoms with Gasteiger partial charge in [0.05, 0.1) is 5.69 Å². The van der Waals surface area contributed by atoms with Gasteiger partial charge in [-0.15, -0.1) is 0 Å². The molecule has 0 aliphatic rings. The zero-order chi connectivity index (χ0) is 11.7. The van der Waals surface area contributed by atoms with Gasteiger partial charge >= 0.3 is 5.69 Å². The fourth-order valence-corrected chi connectivity index (χ4v) is 1.72. The molecule has 0 amide bonds. The molecule has 0 fully saturated rings. The van der Waals surface area contributed by atoms with Crippen molar-refractivity contribution in [2.45, 2.75) is 33.7 Å². The second kappa shape index (κ2) is 3.96. The molecule has 0 atom stereocenters. The van der Waals surface area contributed by atoms with Crippen molar-refractivity contribution in [3.63, 3.8) is 0 Å². The number of rotatable bonds is 3. The Morgan fingerprint density at radius 1 is 1.44 bits per heavy atom. The molecule has 0 aromatic carbocycles. The molecule has 2 heterocycles. The van der Waals surface area contributed by atoms with Gasteiger partial charge < -0.3 is 4.52 Å². The van der Waals surface area contributed by atoms with E-state index in [1.165, 1.54) is 0 Å². The number of hydrogen-bond acceptors (Lipinski definition) is 4. The molecule has 0 saturated heterocycles.